The van der Waals surface area contributed by atoms with Crippen molar-refractivity contribution in [1.82, 2.24) is 10.2 Å². The zero-order valence-electron chi connectivity index (χ0n) is 17.0. The van der Waals surface area contributed by atoms with Gasteiger partial charge in [-0.15, -0.1) is 0 Å². The monoisotopic (exact) mass is 485 g/mol. The molecule has 0 bridgehead atoms. The van der Waals surface area contributed by atoms with E-state index in [0.29, 0.717) is 25.2 Å². The van der Waals surface area contributed by atoms with Crippen LogP contribution < -0.4 is 10.1 Å². The number of amides is 2. The molecule has 0 aromatic heterocycles. The van der Waals surface area contributed by atoms with E-state index in [-0.39, 0.29) is 30.6 Å². The summed E-state index contributed by atoms with van der Waals surface area (Å²) in [5.74, 6) is 0.346. The van der Waals surface area contributed by atoms with Crippen molar-refractivity contribution >= 4 is 33.5 Å². The summed E-state index contributed by atoms with van der Waals surface area (Å²) in [7, 11) is 0. The summed E-state index contributed by atoms with van der Waals surface area (Å²) in [4.78, 5) is 32.0. The topological polar surface area (TPSA) is 80.2 Å². The number of para-hydroxylation sites is 1. The Balaban J connectivity index is 1.19. The Kier molecular flexibility index (Phi) is 6.86. The Morgan fingerprint density at radius 2 is 1.81 bits per heavy atom. The number of carbonyl (C=O) groups excluding carboxylic acids is 2. The van der Waals surface area contributed by atoms with Crippen LogP contribution >= 0.6 is 15.9 Å². The van der Waals surface area contributed by atoms with E-state index in [1.807, 2.05) is 54.6 Å². The fourth-order valence-electron chi connectivity index (χ4n) is 3.67. The van der Waals surface area contributed by atoms with Crippen LogP contribution in [0.15, 0.2) is 64.2 Å². The van der Waals surface area contributed by atoms with E-state index in [4.69, 9.17) is 9.57 Å². The largest absolute Gasteiger partial charge is 0.489 e. The molecule has 1 atom stereocenters. The highest BCUT2D eigenvalue weighted by Gasteiger charge is 2.29. The molecule has 31 heavy (non-hydrogen) atoms. The lowest BCUT2D eigenvalue weighted by Gasteiger charge is -2.32. The smallest absolute Gasteiger partial charge is 0.269 e. The minimum absolute atomic E-state index is 0.0520. The van der Waals surface area contributed by atoms with Crippen molar-refractivity contribution in [1.29, 1.82) is 0 Å². The number of ether oxygens (including phenoxy) is 1. The average molecular weight is 486 g/mol. The average Bonchev–Trinajstić information content (AvgIpc) is 3.30. The molecule has 2 heterocycles. The minimum atomic E-state index is -0.362. The van der Waals surface area contributed by atoms with Crippen molar-refractivity contribution < 1.29 is 19.2 Å². The summed E-state index contributed by atoms with van der Waals surface area (Å²) in [6.45, 7) is 1.15. The van der Waals surface area contributed by atoms with E-state index >= 15 is 0 Å². The third-order valence-corrected chi connectivity index (χ3v) is 6.08. The maximum absolute atomic E-state index is 12.5. The lowest BCUT2D eigenvalue weighted by Crippen LogP contribution is -2.46. The number of hydrogen-bond acceptors (Lipinski definition) is 5. The number of piperidine rings is 1. The highest BCUT2D eigenvalue weighted by Crippen LogP contribution is 2.28. The number of likely N-dealkylation sites (tertiary alicyclic amines) is 1. The normalized spacial score (nSPS) is 18.8. The zero-order chi connectivity index (χ0) is 21.6. The SMILES string of the molecule is O=C(NCC(=O)N1CCC(Oc2ccccc2Br)CC1)C1=NOC(c2ccccc2)C1. The number of nitrogens with zero attached hydrogens (tertiary/aromatic N) is 2. The van der Waals surface area contributed by atoms with Gasteiger partial charge in [-0.2, -0.15) is 0 Å². The fourth-order valence-corrected chi connectivity index (χ4v) is 4.05. The standard InChI is InChI=1S/C23H24BrN3O4/c24-18-8-4-5-9-20(18)30-17-10-12-27(13-11-17)22(28)15-25-23(29)19-14-21(31-26-19)16-6-2-1-3-7-16/h1-9,17,21H,10-15H2,(H,25,29). The molecular formula is C23H24BrN3O4. The first kappa shape index (κ1) is 21.4. The molecule has 2 amide bonds. The zero-order valence-corrected chi connectivity index (χ0v) is 18.6. The molecule has 1 N–H and O–H groups in total. The summed E-state index contributed by atoms with van der Waals surface area (Å²) in [6.07, 6.45) is 1.70. The lowest BCUT2D eigenvalue weighted by atomic mass is 10.0. The molecule has 0 radical (unpaired) electrons. The summed E-state index contributed by atoms with van der Waals surface area (Å²) in [5.41, 5.74) is 1.28. The van der Waals surface area contributed by atoms with Gasteiger partial charge in [0.1, 0.15) is 17.6 Å². The van der Waals surface area contributed by atoms with Crippen molar-refractivity contribution in [2.75, 3.05) is 19.6 Å². The molecule has 7 nitrogen and oxygen atoms in total. The van der Waals surface area contributed by atoms with E-state index < -0.39 is 0 Å². The minimum Gasteiger partial charge on any atom is -0.489 e. The van der Waals surface area contributed by atoms with E-state index in [1.54, 1.807) is 4.90 Å². The van der Waals surface area contributed by atoms with Crippen molar-refractivity contribution in [3.05, 3.63) is 64.6 Å². The van der Waals surface area contributed by atoms with Crippen LogP contribution in [0.5, 0.6) is 5.75 Å². The first-order chi connectivity index (χ1) is 15.1. The van der Waals surface area contributed by atoms with Crippen LogP contribution in [-0.2, 0) is 14.4 Å². The number of carbonyl (C=O) groups is 2. The second kappa shape index (κ2) is 9.96. The van der Waals surface area contributed by atoms with E-state index in [1.165, 1.54) is 0 Å². The predicted molar refractivity (Wildman–Crippen MR) is 120 cm³/mol. The Morgan fingerprint density at radius 3 is 2.55 bits per heavy atom. The van der Waals surface area contributed by atoms with Gasteiger partial charge >= 0.3 is 0 Å². The van der Waals surface area contributed by atoms with Gasteiger partial charge < -0.3 is 19.8 Å². The molecule has 0 aliphatic carbocycles. The molecule has 0 saturated carbocycles. The second-order valence-corrected chi connectivity index (χ2v) is 8.41. The maximum Gasteiger partial charge on any atom is 0.269 e. The first-order valence-corrected chi connectivity index (χ1v) is 11.1. The third kappa shape index (κ3) is 5.44. The van der Waals surface area contributed by atoms with E-state index in [2.05, 4.69) is 26.4 Å². The molecule has 162 valence electrons. The number of nitrogens with one attached hydrogen (secondary N) is 1. The van der Waals surface area contributed by atoms with Gasteiger partial charge in [0, 0.05) is 32.4 Å². The molecule has 1 fully saturated rings. The van der Waals surface area contributed by atoms with Crippen LogP contribution in [0.4, 0.5) is 0 Å². The summed E-state index contributed by atoms with van der Waals surface area (Å²) in [6, 6.07) is 17.4. The van der Waals surface area contributed by atoms with Crippen LogP contribution in [0.3, 0.4) is 0 Å². The third-order valence-electron chi connectivity index (χ3n) is 5.43. The number of benzene rings is 2. The predicted octanol–water partition coefficient (Wildman–Crippen LogP) is 3.45. The molecule has 0 spiro atoms. The van der Waals surface area contributed by atoms with Gasteiger partial charge in [-0.3, -0.25) is 9.59 Å². The Labute approximate surface area is 189 Å². The lowest BCUT2D eigenvalue weighted by molar-refractivity contribution is -0.133. The van der Waals surface area contributed by atoms with Crippen molar-refractivity contribution in [3.63, 3.8) is 0 Å². The van der Waals surface area contributed by atoms with E-state index in [0.717, 1.165) is 28.6 Å². The van der Waals surface area contributed by atoms with Gasteiger partial charge in [-0.25, -0.2) is 0 Å². The Morgan fingerprint density at radius 1 is 1.10 bits per heavy atom. The van der Waals surface area contributed by atoms with Crippen LogP contribution in [0, 0.1) is 0 Å². The maximum atomic E-state index is 12.5. The first-order valence-electron chi connectivity index (χ1n) is 10.3. The quantitative estimate of drug-likeness (QED) is 0.679. The summed E-state index contributed by atoms with van der Waals surface area (Å²) >= 11 is 3.49. The number of halogens is 1. The van der Waals surface area contributed by atoms with Gasteiger partial charge in [0.25, 0.3) is 5.91 Å². The van der Waals surface area contributed by atoms with Gasteiger partial charge in [0.05, 0.1) is 11.0 Å². The van der Waals surface area contributed by atoms with Crippen molar-refractivity contribution in [2.45, 2.75) is 31.5 Å². The van der Waals surface area contributed by atoms with Gasteiger partial charge in [-0.05, 0) is 33.6 Å². The van der Waals surface area contributed by atoms with Crippen LogP contribution in [-0.4, -0.2) is 48.2 Å². The van der Waals surface area contributed by atoms with Gasteiger partial charge in [0.15, 0.2) is 6.10 Å². The van der Waals surface area contributed by atoms with E-state index in [9.17, 15) is 9.59 Å². The van der Waals surface area contributed by atoms with Gasteiger partial charge in [0.2, 0.25) is 5.91 Å². The highest BCUT2D eigenvalue weighted by molar-refractivity contribution is 9.10. The molecule has 1 unspecified atom stereocenters. The molecule has 4 rings (SSSR count). The Hall–Kier alpha value is -2.87. The molecule has 2 aromatic carbocycles. The van der Waals surface area contributed by atoms with Crippen LogP contribution in [0.25, 0.3) is 0 Å². The number of rotatable bonds is 6. The molecule has 2 aromatic rings. The Bertz CT molecular complexity index is 958. The molecule has 2 aliphatic heterocycles. The van der Waals surface area contributed by atoms with Crippen LogP contribution in [0.1, 0.15) is 30.9 Å². The number of hydrogen-bond donors (Lipinski definition) is 1. The number of oxime groups is 1. The van der Waals surface area contributed by atoms with Crippen LogP contribution in [0.2, 0.25) is 0 Å². The molecular weight excluding hydrogens is 462 g/mol. The molecule has 1 saturated heterocycles. The van der Waals surface area contributed by atoms with Crippen molar-refractivity contribution in [2.24, 2.45) is 5.16 Å². The van der Waals surface area contributed by atoms with Gasteiger partial charge in [-0.1, -0.05) is 47.6 Å². The van der Waals surface area contributed by atoms with Crippen molar-refractivity contribution in [3.8, 4) is 5.75 Å². The summed E-state index contributed by atoms with van der Waals surface area (Å²) in [5, 5.41) is 6.57. The molecule has 8 heteroatoms. The highest BCUT2D eigenvalue weighted by atomic mass is 79.9. The fraction of sp³-hybridized carbons (Fsp3) is 0.348. The molecule has 2 aliphatic rings. The summed E-state index contributed by atoms with van der Waals surface area (Å²) < 4.78 is 6.96. The second-order valence-electron chi connectivity index (χ2n) is 7.56.